The number of carbonyl (C=O) groups excluding carboxylic acids is 1. The molecule has 0 saturated carbocycles. The number of nitrogens with zero attached hydrogens (tertiary/aromatic N) is 5. The number of ether oxygens (including phenoxy) is 1. The van der Waals surface area contributed by atoms with E-state index >= 15 is 4.39 Å². The van der Waals surface area contributed by atoms with Crippen LogP contribution in [0, 0.1) is 17.1 Å². The number of hydrogen-bond acceptors (Lipinski definition) is 5. The van der Waals surface area contributed by atoms with Crippen molar-refractivity contribution in [2.75, 3.05) is 13.1 Å². The van der Waals surface area contributed by atoms with Crippen LogP contribution in [-0.2, 0) is 11.2 Å². The Bertz CT molecular complexity index is 1200. The Hall–Kier alpha value is -3.18. The molecule has 1 aliphatic rings. The summed E-state index contributed by atoms with van der Waals surface area (Å²) in [7, 11) is 0. The molecule has 3 aromatic rings. The maximum atomic E-state index is 15.0. The van der Waals surface area contributed by atoms with Crippen LogP contribution in [0.2, 0.25) is 5.02 Å². The highest BCUT2D eigenvalue weighted by Crippen LogP contribution is 2.31. The SMILES string of the molecule is CC(C)OC(=O)N1CCC(n2cc(F)c3c(Cc4ccc(C#N)cc4Cl)ncnc32)CC1. The van der Waals surface area contributed by atoms with Crippen molar-refractivity contribution < 1.29 is 13.9 Å². The Balaban J connectivity index is 1.57. The van der Waals surface area contributed by atoms with Crippen LogP contribution in [0.4, 0.5) is 9.18 Å². The van der Waals surface area contributed by atoms with Gasteiger partial charge >= 0.3 is 6.09 Å². The lowest BCUT2D eigenvalue weighted by atomic mass is 10.0. The maximum absolute atomic E-state index is 15.0. The second kappa shape index (κ2) is 9.13. The van der Waals surface area contributed by atoms with Crippen molar-refractivity contribution >= 4 is 28.7 Å². The molecule has 32 heavy (non-hydrogen) atoms. The number of piperidine rings is 1. The number of fused-ring (bicyclic) bond motifs is 1. The first-order valence-corrected chi connectivity index (χ1v) is 10.9. The third-order valence-electron chi connectivity index (χ3n) is 5.63. The minimum Gasteiger partial charge on any atom is -0.447 e. The predicted molar refractivity (Wildman–Crippen MR) is 118 cm³/mol. The van der Waals surface area contributed by atoms with Crippen molar-refractivity contribution in [1.82, 2.24) is 19.4 Å². The molecule has 7 nitrogen and oxygen atoms in total. The van der Waals surface area contributed by atoms with Crippen molar-refractivity contribution in [2.45, 2.75) is 45.3 Å². The summed E-state index contributed by atoms with van der Waals surface area (Å²) in [6, 6.07) is 7.10. The lowest BCUT2D eigenvalue weighted by Gasteiger charge is -2.32. The highest BCUT2D eigenvalue weighted by atomic mass is 35.5. The number of rotatable bonds is 4. The summed E-state index contributed by atoms with van der Waals surface area (Å²) in [6.45, 7) is 4.72. The molecule has 4 rings (SSSR count). The molecule has 0 atom stereocenters. The zero-order valence-corrected chi connectivity index (χ0v) is 18.6. The summed E-state index contributed by atoms with van der Waals surface area (Å²) >= 11 is 6.31. The van der Waals surface area contributed by atoms with Crippen LogP contribution in [0.1, 0.15) is 49.6 Å². The zero-order chi connectivity index (χ0) is 22.8. The van der Waals surface area contributed by atoms with Crippen LogP contribution in [0.25, 0.3) is 11.0 Å². The summed E-state index contributed by atoms with van der Waals surface area (Å²) in [5.41, 5.74) is 2.29. The van der Waals surface area contributed by atoms with Gasteiger partial charge < -0.3 is 14.2 Å². The molecule has 0 unspecified atom stereocenters. The van der Waals surface area contributed by atoms with E-state index in [2.05, 4.69) is 16.0 Å². The number of amides is 1. The number of hydrogen-bond donors (Lipinski definition) is 0. The summed E-state index contributed by atoms with van der Waals surface area (Å²) < 4.78 is 22.2. The van der Waals surface area contributed by atoms with Gasteiger partial charge in [-0.1, -0.05) is 17.7 Å². The summed E-state index contributed by atoms with van der Waals surface area (Å²) in [6.07, 6.45) is 4.10. The Morgan fingerprint density at radius 2 is 2.09 bits per heavy atom. The molecule has 0 radical (unpaired) electrons. The molecular formula is C23H23ClFN5O2. The molecule has 2 aromatic heterocycles. The number of carbonyl (C=O) groups is 1. The third-order valence-corrected chi connectivity index (χ3v) is 5.99. The van der Waals surface area contributed by atoms with Gasteiger partial charge in [0.25, 0.3) is 0 Å². The van der Waals surface area contributed by atoms with Gasteiger partial charge in [-0.15, -0.1) is 0 Å². The van der Waals surface area contributed by atoms with E-state index in [1.807, 2.05) is 18.4 Å². The van der Waals surface area contributed by atoms with Crippen molar-refractivity contribution in [3.8, 4) is 6.07 Å². The van der Waals surface area contributed by atoms with E-state index in [9.17, 15) is 4.79 Å². The molecule has 1 aliphatic heterocycles. The molecule has 0 spiro atoms. The average molecular weight is 456 g/mol. The zero-order valence-electron chi connectivity index (χ0n) is 17.9. The molecule has 1 fully saturated rings. The first kappa shape index (κ1) is 22.0. The molecule has 3 heterocycles. The average Bonchev–Trinajstić information content (AvgIpc) is 3.12. The van der Waals surface area contributed by atoms with Crippen LogP contribution in [0.5, 0.6) is 0 Å². The maximum Gasteiger partial charge on any atom is 0.410 e. The summed E-state index contributed by atoms with van der Waals surface area (Å²) in [5.74, 6) is -0.387. The van der Waals surface area contributed by atoms with Gasteiger partial charge in [0.15, 0.2) is 5.82 Å². The predicted octanol–water partition coefficient (Wildman–Crippen LogP) is 4.87. The Labute approximate surface area is 190 Å². The molecule has 0 aliphatic carbocycles. The van der Waals surface area contributed by atoms with E-state index in [1.54, 1.807) is 23.1 Å². The monoisotopic (exact) mass is 455 g/mol. The fourth-order valence-corrected chi connectivity index (χ4v) is 4.30. The highest BCUT2D eigenvalue weighted by molar-refractivity contribution is 6.31. The van der Waals surface area contributed by atoms with Gasteiger partial charge in [0.05, 0.1) is 28.8 Å². The smallest absolute Gasteiger partial charge is 0.410 e. The number of halogens is 2. The van der Waals surface area contributed by atoms with Crippen LogP contribution < -0.4 is 0 Å². The van der Waals surface area contributed by atoms with Gasteiger partial charge in [0.1, 0.15) is 12.0 Å². The number of aromatic nitrogens is 3. The molecule has 0 bridgehead atoms. The first-order chi connectivity index (χ1) is 15.4. The second-order valence-corrected chi connectivity index (χ2v) is 8.56. The lowest BCUT2D eigenvalue weighted by molar-refractivity contribution is 0.0663. The fraction of sp³-hybridized carbons (Fsp3) is 0.391. The van der Waals surface area contributed by atoms with Gasteiger partial charge in [-0.2, -0.15) is 5.26 Å². The molecule has 1 amide bonds. The molecular weight excluding hydrogens is 433 g/mol. The normalized spacial score (nSPS) is 14.7. The summed E-state index contributed by atoms with van der Waals surface area (Å²) in [4.78, 5) is 22.5. The van der Waals surface area contributed by atoms with Crippen molar-refractivity contribution in [2.24, 2.45) is 0 Å². The Morgan fingerprint density at radius 3 is 2.75 bits per heavy atom. The van der Waals surface area contributed by atoms with Crippen molar-refractivity contribution in [3.05, 3.63) is 58.4 Å². The van der Waals surface area contributed by atoms with Crippen molar-refractivity contribution in [3.63, 3.8) is 0 Å². The minimum absolute atomic E-state index is 0.0198. The van der Waals surface area contributed by atoms with Gasteiger partial charge in [0.2, 0.25) is 0 Å². The third kappa shape index (κ3) is 4.39. The van der Waals surface area contributed by atoms with Crippen LogP contribution in [-0.4, -0.2) is 44.7 Å². The summed E-state index contributed by atoms with van der Waals surface area (Å²) in [5, 5.41) is 9.83. The molecule has 1 saturated heterocycles. The number of benzene rings is 1. The van der Waals surface area contributed by atoms with Gasteiger partial charge in [-0.05, 0) is 44.4 Å². The van der Waals surface area contributed by atoms with E-state index in [1.165, 1.54) is 12.5 Å². The first-order valence-electron chi connectivity index (χ1n) is 10.5. The van der Waals surface area contributed by atoms with E-state index < -0.39 is 0 Å². The molecule has 166 valence electrons. The van der Waals surface area contributed by atoms with Gasteiger partial charge in [-0.25, -0.2) is 19.2 Å². The van der Waals surface area contributed by atoms with Crippen molar-refractivity contribution in [1.29, 1.82) is 5.26 Å². The molecule has 9 heteroatoms. The molecule has 1 aromatic carbocycles. The largest absolute Gasteiger partial charge is 0.447 e. The lowest BCUT2D eigenvalue weighted by Crippen LogP contribution is -2.40. The van der Waals surface area contributed by atoms with Gasteiger partial charge in [0, 0.05) is 36.8 Å². The number of likely N-dealkylation sites (tertiary alicyclic amines) is 1. The van der Waals surface area contributed by atoms with E-state index in [0.29, 0.717) is 59.7 Å². The van der Waals surface area contributed by atoms with E-state index in [4.69, 9.17) is 21.6 Å². The van der Waals surface area contributed by atoms with Gasteiger partial charge in [-0.3, -0.25) is 0 Å². The molecule has 0 N–H and O–H groups in total. The Morgan fingerprint density at radius 1 is 1.34 bits per heavy atom. The standard InChI is InChI=1S/C23H23ClFN5O2/c1-14(2)32-23(31)29-7-5-17(6-8-29)30-12-19(25)21-20(27-13-28-22(21)30)10-16-4-3-15(11-26)9-18(16)24/h3-4,9,12-14,17H,5-8,10H2,1-2H3. The Kier molecular flexibility index (Phi) is 6.28. The second-order valence-electron chi connectivity index (χ2n) is 8.15. The fourth-order valence-electron chi connectivity index (χ4n) is 4.06. The van der Waals surface area contributed by atoms with E-state index in [0.717, 1.165) is 5.56 Å². The van der Waals surface area contributed by atoms with Crippen LogP contribution in [0.3, 0.4) is 0 Å². The van der Waals surface area contributed by atoms with Crippen LogP contribution >= 0.6 is 11.6 Å². The minimum atomic E-state index is -0.387. The topological polar surface area (TPSA) is 84.0 Å². The number of nitriles is 1. The van der Waals surface area contributed by atoms with Crippen LogP contribution in [0.15, 0.2) is 30.7 Å². The van der Waals surface area contributed by atoms with E-state index in [-0.39, 0.29) is 24.1 Å². The quantitative estimate of drug-likeness (QED) is 0.560. The highest BCUT2D eigenvalue weighted by Gasteiger charge is 2.27.